The van der Waals surface area contributed by atoms with Gasteiger partial charge in [0.05, 0.1) is 23.5 Å². The van der Waals surface area contributed by atoms with Crippen LogP contribution in [0.5, 0.6) is 0 Å². The van der Waals surface area contributed by atoms with E-state index < -0.39 is 5.97 Å². The number of aromatic nitrogens is 3. The third kappa shape index (κ3) is 3.50. The molecule has 1 N–H and O–H groups in total. The van der Waals surface area contributed by atoms with Gasteiger partial charge >= 0.3 is 5.97 Å². The number of carboxylic acids is 1. The minimum Gasteiger partial charge on any atom is -0.478 e. The molecular weight excluding hydrogens is 376 g/mol. The molecule has 1 atom stereocenters. The van der Waals surface area contributed by atoms with E-state index in [1.807, 2.05) is 12.3 Å². The van der Waals surface area contributed by atoms with Crippen molar-refractivity contribution >= 4 is 23.2 Å². The average Bonchev–Trinajstić information content (AvgIpc) is 3.36. The topological polar surface area (TPSA) is 96.3 Å². The van der Waals surface area contributed by atoms with Crippen molar-refractivity contribution < 1.29 is 14.7 Å². The minimum absolute atomic E-state index is 0.0485. The average molecular weight is 394 g/mol. The van der Waals surface area contributed by atoms with E-state index in [9.17, 15) is 14.7 Å². The number of hydrogen-bond acceptors (Lipinski definition) is 6. The molecule has 1 aromatic carbocycles. The van der Waals surface area contributed by atoms with Crippen LogP contribution in [0, 0.1) is 6.92 Å². The summed E-state index contributed by atoms with van der Waals surface area (Å²) in [5, 5.41) is 12.4. The van der Waals surface area contributed by atoms with Crippen LogP contribution in [0.25, 0.3) is 11.3 Å². The van der Waals surface area contributed by atoms with Crippen LogP contribution in [0.3, 0.4) is 0 Å². The Morgan fingerprint density at radius 2 is 2.04 bits per heavy atom. The molecule has 1 aliphatic rings. The van der Waals surface area contributed by atoms with Gasteiger partial charge in [-0.1, -0.05) is 0 Å². The first-order chi connectivity index (χ1) is 13.5. The lowest BCUT2D eigenvalue weighted by Crippen LogP contribution is -2.30. The van der Waals surface area contributed by atoms with E-state index in [1.165, 1.54) is 18.3 Å². The number of carboxylic acid groups (broad SMARTS) is 1. The van der Waals surface area contributed by atoms with Crippen LogP contribution in [0.15, 0.2) is 42.2 Å². The summed E-state index contributed by atoms with van der Waals surface area (Å²) < 4.78 is 0. The summed E-state index contributed by atoms with van der Waals surface area (Å²) >= 11 is 1.55. The van der Waals surface area contributed by atoms with Gasteiger partial charge in [-0.05, 0) is 38.0 Å². The van der Waals surface area contributed by atoms with Crippen molar-refractivity contribution in [2.45, 2.75) is 25.8 Å². The second-order valence-corrected chi connectivity index (χ2v) is 7.57. The van der Waals surface area contributed by atoms with Crippen LogP contribution in [0.4, 0.5) is 0 Å². The predicted octanol–water partition coefficient (Wildman–Crippen LogP) is 3.58. The molecule has 0 saturated carbocycles. The van der Waals surface area contributed by atoms with E-state index in [4.69, 9.17) is 0 Å². The normalized spacial score (nSPS) is 16.3. The maximum Gasteiger partial charge on any atom is 0.335 e. The summed E-state index contributed by atoms with van der Waals surface area (Å²) in [6.45, 7) is 2.56. The summed E-state index contributed by atoms with van der Waals surface area (Å²) in [6.07, 6.45) is 6.37. The third-order valence-corrected chi connectivity index (χ3v) is 5.79. The Balaban J connectivity index is 1.72. The zero-order chi connectivity index (χ0) is 19.7. The van der Waals surface area contributed by atoms with Crippen molar-refractivity contribution in [3.63, 3.8) is 0 Å². The molecule has 4 rings (SSSR count). The van der Waals surface area contributed by atoms with Crippen molar-refractivity contribution in [1.82, 2.24) is 19.9 Å². The van der Waals surface area contributed by atoms with Crippen LogP contribution < -0.4 is 0 Å². The quantitative estimate of drug-likeness (QED) is 0.726. The number of thiazole rings is 1. The first kappa shape index (κ1) is 18.2. The molecule has 0 bridgehead atoms. The van der Waals surface area contributed by atoms with E-state index in [-0.39, 0.29) is 17.5 Å². The largest absolute Gasteiger partial charge is 0.478 e. The van der Waals surface area contributed by atoms with Crippen molar-refractivity contribution in [1.29, 1.82) is 0 Å². The number of amides is 1. The van der Waals surface area contributed by atoms with Crippen molar-refractivity contribution in [2.24, 2.45) is 0 Å². The molecule has 142 valence electrons. The highest BCUT2D eigenvalue weighted by molar-refractivity contribution is 7.09. The fraction of sp³-hybridized carbons (Fsp3) is 0.250. The maximum atomic E-state index is 13.3. The lowest BCUT2D eigenvalue weighted by Gasteiger charge is -2.23. The van der Waals surface area contributed by atoms with E-state index >= 15 is 0 Å². The number of nitrogens with zero attached hydrogens (tertiary/aromatic N) is 4. The van der Waals surface area contributed by atoms with E-state index in [1.54, 1.807) is 34.7 Å². The van der Waals surface area contributed by atoms with Gasteiger partial charge in [0.15, 0.2) is 0 Å². The molecule has 0 radical (unpaired) electrons. The number of carbonyl (C=O) groups excluding carboxylic acids is 1. The lowest BCUT2D eigenvalue weighted by atomic mass is 10.0. The highest BCUT2D eigenvalue weighted by Crippen LogP contribution is 2.35. The van der Waals surface area contributed by atoms with Gasteiger partial charge in [-0.25, -0.2) is 9.78 Å². The second kappa shape index (κ2) is 7.47. The molecule has 1 aliphatic heterocycles. The molecule has 3 aromatic rings. The molecule has 0 aliphatic carbocycles. The molecule has 2 aromatic heterocycles. The molecule has 7 nitrogen and oxygen atoms in total. The summed E-state index contributed by atoms with van der Waals surface area (Å²) in [4.78, 5) is 39.5. The third-order valence-electron chi connectivity index (χ3n) is 4.72. The summed E-state index contributed by atoms with van der Waals surface area (Å²) in [5.74, 6) is -1.28. The van der Waals surface area contributed by atoms with E-state index in [0.29, 0.717) is 23.4 Å². The molecule has 0 unspecified atom stereocenters. The summed E-state index contributed by atoms with van der Waals surface area (Å²) in [6, 6.07) is 4.54. The molecular formula is C20H18N4O3S. The Kier molecular flexibility index (Phi) is 4.87. The lowest BCUT2D eigenvalue weighted by molar-refractivity contribution is 0.0697. The summed E-state index contributed by atoms with van der Waals surface area (Å²) in [5.41, 5.74) is 2.40. The standard InChI is InChI=1S/C20H18N4O3S/c1-12-11-28-18(23-12)17-3-2-6-24(17)19(25)14-7-13(8-15(9-14)20(26)27)16-10-21-4-5-22-16/h4-5,7-11,17H,2-3,6H2,1H3,(H,26,27)/t17-/m1/s1. The van der Waals surface area contributed by atoms with Crippen LogP contribution in [-0.4, -0.2) is 43.4 Å². The first-order valence-electron chi connectivity index (χ1n) is 8.90. The minimum atomic E-state index is -1.09. The summed E-state index contributed by atoms with van der Waals surface area (Å²) in [7, 11) is 0. The Morgan fingerprint density at radius 3 is 2.71 bits per heavy atom. The SMILES string of the molecule is Cc1csc([C@H]2CCCN2C(=O)c2cc(C(=O)O)cc(-c3cnccn3)c2)n1. The van der Waals surface area contributed by atoms with Crippen LogP contribution in [0.2, 0.25) is 0 Å². The Bertz CT molecular complexity index is 1030. The van der Waals surface area contributed by atoms with E-state index in [0.717, 1.165) is 23.5 Å². The Labute approximate surface area is 165 Å². The Morgan fingerprint density at radius 1 is 1.21 bits per heavy atom. The van der Waals surface area contributed by atoms with Crippen molar-refractivity contribution in [3.8, 4) is 11.3 Å². The second-order valence-electron chi connectivity index (χ2n) is 6.68. The van der Waals surface area contributed by atoms with Crippen molar-refractivity contribution in [2.75, 3.05) is 6.54 Å². The zero-order valence-electron chi connectivity index (χ0n) is 15.2. The smallest absolute Gasteiger partial charge is 0.335 e. The number of hydrogen-bond donors (Lipinski definition) is 1. The van der Waals surface area contributed by atoms with Gasteiger partial charge in [0.25, 0.3) is 5.91 Å². The number of benzene rings is 1. The number of rotatable bonds is 4. The van der Waals surface area contributed by atoms with Gasteiger partial charge < -0.3 is 10.0 Å². The molecule has 1 saturated heterocycles. The zero-order valence-corrected chi connectivity index (χ0v) is 16.0. The van der Waals surface area contributed by atoms with Crippen LogP contribution in [0.1, 0.15) is 50.3 Å². The highest BCUT2D eigenvalue weighted by Gasteiger charge is 2.33. The monoisotopic (exact) mass is 394 g/mol. The van der Waals surface area contributed by atoms with Gasteiger partial charge in [0.1, 0.15) is 5.01 Å². The molecule has 0 spiro atoms. The first-order valence-corrected chi connectivity index (χ1v) is 9.78. The predicted molar refractivity (Wildman–Crippen MR) is 104 cm³/mol. The van der Waals surface area contributed by atoms with Gasteiger partial charge in [-0.2, -0.15) is 0 Å². The van der Waals surface area contributed by atoms with E-state index in [2.05, 4.69) is 15.0 Å². The maximum absolute atomic E-state index is 13.3. The van der Waals surface area contributed by atoms with Gasteiger partial charge in [-0.15, -0.1) is 11.3 Å². The molecule has 1 amide bonds. The van der Waals surface area contributed by atoms with Gasteiger partial charge in [-0.3, -0.25) is 14.8 Å². The number of aromatic carboxylic acids is 1. The van der Waals surface area contributed by atoms with Crippen LogP contribution in [-0.2, 0) is 0 Å². The number of carbonyl (C=O) groups is 2. The number of likely N-dealkylation sites (tertiary alicyclic amines) is 1. The fourth-order valence-corrected chi connectivity index (χ4v) is 4.37. The Hall–Kier alpha value is -3.13. The highest BCUT2D eigenvalue weighted by atomic mass is 32.1. The molecule has 1 fully saturated rings. The van der Waals surface area contributed by atoms with Crippen LogP contribution >= 0.6 is 11.3 Å². The molecule has 28 heavy (non-hydrogen) atoms. The molecule has 8 heteroatoms. The number of aryl methyl sites for hydroxylation is 1. The molecule has 3 heterocycles. The van der Waals surface area contributed by atoms with Gasteiger partial charge in [0, 0.05) is 41.1 Å². The van der Waals surface area contributed by atoms with Crippen molar-refractivity contribution in [3.05, 3.63) is 64.0 Å². The fourth-order valence-electron chi connectivity index (χ4n) is 3.43. The van der Waals surface area contributed by atoms with Gasteiger partial charge in [0.2, 0.25) is 0 Å².